The van der Waals surface area contributed by atoms with Gasteiger partial charge in [-0.3, -0.25) is 4.98 Å². The Morgan fingerprint density at radius 1 is 1.03 bits per heavy atom. The molecule has 0 aliphatic heterocycles. The first kappa shape index (κ1) is 19.1. The first-order chi connectivity index (χ1) is 13.9. The number of rotatable bonds is 5. The Morgan fingerprint density at radius 2 is 1.79 bits per heavy atom. The molecule has 0 fully saturated rings. The van der Waals surface area contributed by atoms with Crippen LogP contribution in [0.1, 0.15) is 17.0 Å². The molecule has 7 nitrogen and oxygen atoms in total. The standard InChI is InChI=1S/C21H21N5O2S/c1-14-15(2)25-21-18(17-9-4-5-10-19(17)29(3,27)28)13-24-26(21)20(14)23-12-16-8-6-7-11-22-16/h4-11,13,23H,12H2,1-3H3. The van der Waals surface area contributed by atoms with Crippen LogP contribution in [0, 0.1) is 13.8 Å². The average molecular weight is 407 g/mol. The van der Waals surface area contributed by atoms with Crippen molar-refractivity contribution in [1.82, 2.24) is 19.6 Å². The molecular weight excluding hydrogens is 386 g/mol. The third kappa shape index (κ3) is 3.58. The summed E-state index contributed by atoms with van der Waals surface area (Å²) in [5.74, 6) is 0.807. The topological polar surface area (TPSA) is 89.2 Å². The highest BCUT2D eigenvalue weighted by Gasteiger charge is 2.20. The second kappa shape index (κ2) is 7.29. The van der Waals surface area contributed by atoms with Crippen LogP contribution in [-0.4, -0.2) is 34.3 Å². The van der Waals surface area contributed by atoms with Crippen LogP contribution in [0.3, 0.4) is 0 Å². The van der Waals surface area contributed by atoms with Crippen LogP contribution < -0.4 is 5.32 Å². The minimum atomic E-state index is -3.39. The van der Waals surface area contributed by atoms with Gasteiger partial charge >= 0.3 is 0 Å². The van der Waals surface area contributed by atoms with E-state index < -0.39 is 9.84 Å². The zero-order chi connectivity index (χ0) is 20.6. The van der Waals surface area contributed by atoms with Crippen molar-refractivity contribution >= 4 is 21.3 Å². The van der Waals surface area contributed by atoms with Gasteiger partial charge in [-0.05, 0) is 32.0 Å². The summed E-state index contributed by atoms with van der Waals surface area (Å²) in [6, 6.07) is 12.7. The number of nitrogens with one attached hydrogen (secondary N) is 1. The second-order valence-corrected chi connectivity index (χ2v) is 8.89. The predicted molar refractivity (Wildman–Crippen MR) is 113 cm³/mol. The number of nitrogens with zero attached hydrogens (tertiary/aromatic N) is 4. The van der Waals surface area contributed by atoms with Gasteiger partial charge in [-0.1, -0.05) is 24.3 Å². The molecule has 0 radical (unpaired) electrons. The zero-order valence-corrected chi connectivity index (χ0v) is 17.2. The summed E-state index contributed by atoms with van der Waals surface area (Å²) >= 11 is 0. The predicted octanol–water partition coefficient (Wildman–Crippen LogP) is 3.42. The third-order valence-electron chi connectivity index (χ3n) is 4.87. The van der Waals surface area contributed by atoms with Gasteiger partial charge in [-0.25, -0.2) is 13.4 Å². The number of pyridine rings is 1. The molecule has 0 unspecified atom stereocenters. The molecular formula is C21H21N5O2S. The van der Waals surface area contributed by atoms with Crippen LogP contribution in [0.15, 0.2) is 59.8 Å². The minimum Gasteiger partial charge on any atom is -0.364 e. The molecule has 148 valence electrons. The van der Waals surface area contributed by atoms with Crippen LogP contribution in [0.2, 0.25) is 0 Å². The summed E-state index contributed by atoms with van der Waals surface area (Å²) in [4.78, 5) is 9.31. The molecule has 0 saturated heterocycles. The van der Waals surface area contributed by atoms with Crippen molar-refractivity contribution in [3.8, 4) is 11.1 Å². The van der Waals surface area contributed by atoms with Crippen molar-refractivity contribution in [2.24, 2.45) is 0 Å². The smallest absolute Gasteiger partial charge is 0.176 e. The van der Waals surface area contributed by atoms with Gasteiger partial charge in [-0.2, -0.15) is 9.61 Å². The normalized spacial score (nSPS) is 11.7. The quantitative estimate of drug-likeness (QED) is 0.545. The first-order valence-electron chi connectivity index (χ1n) is 9.14. The van der Waals surface area contributed by atoms with E-state index in [2.05, 4.69) is 15.4 Å². The van der Waals surface area contributed by atoms with Crippen molar-refractivity contribution in [1.29, 1.82) is 0 Å². The number of hydrogen-bond donors (Lipinski definition) is 1. The van der Waals surface area contributed by atoms with Crippen LogP contribution in [0.25, 0.3) is 16.8 Å². The molecule has 4 aromatic rings. The number of sulfone groups is 1. The van der Waals surface area contributed by atoms with Crippen molar-refractivity contribution in [2.45, 2.75) is 25.3 Å². The number of hydrogen-bond acceptors (Lipinski definition) is 6. The molecule has 1 N–H and O–H groups in total. The van der Waals surface area contributed by atoms with Gasteiger partial charge in [0.05, 0.1) is 23.3 Å². The fourth-order valence-corrected chi connectivity index (χ4v) is 4.18. The Bertz CT molecular complexity index is 1300. The number of anilines is 1. The molecule has 4 rings (SSSR count). The first-order valence-corrected chi connectivity index (χ1v) is 11.0. The second-order valence-electron chi connectivity index (χ2n) is 6.91. The maximum absolute atomic E-state index is 12.3. The summed E-state index contributed by atoms with van der Waals surface area (Å²) in [6.07, 6.45) is 4.63. The number of fused-ring (bicyclic) bond motifs is 1. The van der Waals surface area contributed by atoms with Crippen molar-refractivity contribution < 1.29 is 8.42 Å². The van der Waals surface area contributed by atoms with Crippen LogP contribution >= 0.6 is 0 Å². The lowest BCUT2D eigenvalue weighted by Crippen LogP contribution is -2.10. The maximum atomic E-state index is 12.3. The van der Waals surface area contributed by atoms with Gasteiger partial charge in [0.2, 0.25) is 0 Å². The summed E-state index contributed by atoms with van der Waals surface area (Å²) in [5, 5.41) is 7.91. The molecule has 0 bridgehead atoms. The van der Waals surface area contributed by atoms with E-state index in [4.69, 9.17) is 4.98 Å². The van der Waals surface area contributed by atoms with Gasteiger partial charge in [0.1, 0.15) is 5.82 Å². The molecule has 8 heteroatoms. The van der Waals surface area contributed by atoms with Crippen molar-refractivity contribution in [2.75, 3.05) is 11.6 Å². The molecule has 3 aromatic heterocycles. The lowest BCUT2D eigenvalue weighted by molar-refractivity contribution is 0.602. The largest absolute Gasteiger partial charge is 0.364 e. The summed E-state index contributed by atoms with van der Waals surface area (Å²) < 4.78 is 26.3. The lowest BCUT2D eigenvalue weighted by Gasteiger charge is -2.14. The molecule has 0 saturated carbocycles. The average Bonchev–Trinajstić information content (AvgIpc) is 3.11. The van der Waals surface area contributed by atoms with E-state index in [1.54, 1.807) is 35.1 Å². The molecule has 29 heavy (non-hydrogen) atoms. The molecule has 0 aliphatic rings. The van der Waals surface area contributed by atoms with Crippen molar-refractivity contribution in [3.05, 3.63) is 71.8 Å². The summed E-state index contributed by atoms with van der Waals surface area (Å²) in [7, 11) is -3.39. The fraction of sp³-hybridized carbons (Fsp3) is 0.190. The minimum absolute atomic E-state index is 0.262. The van der Waals surface area contributed by atoms with Gasteiger partial charge in [0, 0.05) is 34.8 Å². The number of benzene rings is 1. The highest BCUT2D eigenvalue weighted by molar-refractivity contribution is 7.90. The van der Waals surface area contributed by atoms with E-state index >= 15 is 0 Å². The highest BCUT2D eigenvalue weighted by Crippen LogP contribution is 2.32. The Labute approximate surface area is 169 Å². The van der Waals surface area contributed by atoms with E-state index in [1.165, 1.54) is 6.26 Å². The van der Waals surface area contributed by atoms with Crippen LogP contribution in [-0.2, 0) is 16.4 Å². The number of aryl methyl sites for hydroxylation is 1. The monoisotopic (exact) mass is 407 g/mol. The maximum Gasteiger partial charge on any atom is 0.176 e. The molecule has 0 aliphatic carbocycles. The van der Waals surface area contributed by atoms with E-state index in [-0.39, 0.29) is 4.90 Å². The molecule has 1 aromatic carbocycles. The Kier molecular flexibility index (Phi) is 4.79. The SMILES string of the molecule is Cc1nc2c(-c3ccccc3S(C)(=O)=O)cnn2c(NCc2ccccn2)c1C. The lowest BCUT2D eigenvalue weighted by atomic mass is 10.1. The van der Waals surface area contributed by atoms with Gasteiger partial charge in [0.15, 0.2) is 15.5 Å². The van der Waals surface area contributed by atoms with Crippen LogP contribution in [0.4, 0.5) is 5.82 Å². The van der Waals surface area contributed by atoms with E-state index in [1.807, 2.05) is 38.1 Å². The van der Waals surface area contributed by atoms with E-state index in [0.717, 1.165) is 22.8 Å². The van der Waals surface area contributed by atoms with E-state index in [0.29, 0.717) is 23.3 Å². The van der Waals surface area contributed by atoms with Gasteiger partial charge < -0.3 is 5.32 Å². The van der Waals surface area contributed by atoms with E-state index in [9.17, 15) is 8.42 Å². The Hall–Kier alpha value is -3.26. The fourth-order valence-electron chi connectivity index (χ4n) is 3.27. The highest BCUT2D eigenvalue weighted by atomic mass is 32.2. The van der Waals surface area contributed by atoms with Gasteiger partial charge in [-0.15, -0.1) is 0 Å². The molecule has 3 heterocycles. The summed E-state index contributed by atoms with van der Waals surface area (Å²) in [6.45, 7) is 4.45. The molecule has 0 spiro atoms. The molecule has 0 atom stereocenters. The van der Waals surface area contributed by atoms with Gasteiger partial charge in [0.25, 0.3) is 0 Å². The Balaban J connectivity index is 1.85. The third-order valence-corrected chi connectivity index (χ3v) is 6.02. The number of aromatic nitrogens is 4. The van der Waals surface area contributed by atoms with Crippen molar-refractivity contribution in [3.63, 3.8) is 0 Å². The Morgan fingerprint density at radius 3 is 2.52 bits per heavy atom. The zero-order valence-electron chi connectivity index (χ0n) is 16.4. The summed E-state index contributed by atoms with van der Waals surface area (Å²) in [5.41, 5.74) is 4.60. The van der Waals surface area contributed by atoms with Crippen LogP contribution in [0.5, 0.6) is 0 Å². The molecule has 0 amide bonds.